The lowest BCUT2D eigenvalue weighted by Gasteiger charge is -2.18. The molecule has 3 rings (SSSR count). The van der Waals surface area contributed by atoms with Crippen LogP contribution in [0.2, 0.25) is 0 Å². The summed E-state index contributed by atoms with van der Waals surface area (Å²) in [7, 11) is 0. The van der Waals surface area contributed by atoms with Crippen molar-refractivity contribution in [2.75, 3.05) is 13.2 Å². The zero-order valence-electron chi connectivity index (χ0n) is 11.5. The second-order valence-electron chi connectivity index (χ2n) is 5.57. The van der Waals surface area contributed by atoms with Gasteiger partial charge < -0.3 is 4.74 Å². The molecule has 106 valence electrons. The van der Waals surface area contributed by atoms with Crippen LogP contribution >= 0.6 is 0 Å². The first-order valence-corrected chi connectivity index (χ1v) is 7.24. The molecule has 4 heteroatoms. The molecule has 4 nitrogen and oxygen atoms in total. The fraction of sp³-hybridized carbons (Fsp3) is 0.500. The molecule has 2 aliphatic rings. The van der Waals surface area contributed by atoms with Crippen LogP contribution in [0.25, 0.3) is 0 Å². The fourth-order valence-electron chi connectivity index (χ4n) is 2.99. The monoisotopic (exact) mass is 273 g/mol. The molecular weight excluding hydrogens is 254 g/mol. The molecule has 0 spiro atoms. The molecule has 2 amide bonds. The van der Waals surface area contributed by atoms with E-state index in [0.29, 0.717) is 19.4 Å². The number of ether oxygens (including phenoxy) is 1. The molecule has 0 saturated carbocycles. The smallest absolute Gasteiger partial charge is 0.233 e. The van der Waals surface area contributed by atoms with Crippen LogP contribution in [0.15, 0.2) is 30.3 Å². The number of hydrogen-bond acceptors (Lipinski definition) is 3. The van der Waals surface area contributed by atoms with E-state index >= 15 is 0 Å². The molecule has 0 aliphatic carbocycles. The van der Waals surface area contributed by atoms with Crippen LogP contribution < -0.4 is 0 Å². The van der Waals surface area contributed by atoms with E-state index in [1.54, 1.807) is 0 Å². The van der Waals surface area contributed by atoms with Crippen LogP contribution in [0.3, 0.4) is 0 Å². The summed E-state index contributed by atoms with van der Waals surface area (Å²) in [5.74, 6) is -0.285. The highest BCUT2D eigenvalue weighted by Gasteiger charge is 2.39. The highest BCUT2D eigenvalue weighted by Crippen LogP contribution is 2.25. The SMILES string of the molecule is O=C1C[C@H](Cc2ccccc2)C(=O)N1C[C@@H]1CCCO1. The van der Waals surface area contributed by atoms with Crippen molar-refractivity contribution >= 4 is 11.8 Å². The summed E-state index contributed by atoms with van der Waals surface area (Å²) >= 11 is 0. The molecule has 0 N–H and O–H groups in total. The van der Waals surface area contributed by atoms with Crippen molar-refractivity contribution in [3.8, 4) is 0 Å². The highest BCUT2D eigenvalue weighted by atomic mass is 16.5. The number of benzene rings is 1. The second kappa shape index (κ2) is 5.75. The third kappa shape index (κ3) is 2.75. The van der Waals surface area contributed by atoms with E-state index in [0.717, 1.165) is 25.0 Å². The van der Waals surface area contributed by atoms with Gasteiger partial charge in [-0.3, -0.25) is 14.5 Å². The number of carbonyl (C=O) groups excluding carboxylic acids is 2. The Hall–Kier alpha value is -1.68. The molecule has 2 fully saturated rings. The Morgan fingerprint density at radius 2 is 2.00 bits per heavy atom. The van der Waals surface area contributed by atoms with E-state index < -0.39 is 0 Å². The quantitative estimate of drug-likeness (QED) is 0.786. The number of hydrogen-bond donors (Lipinski definition) is 0. The number of amides is 2. The van der Waals surface area contributed by atoms with E-state index in [2.05, 4.69) is 0 Å². The first-order chi connectivity index (χ1) is 9.74. The minimum absolute atomic E-state index is 0.0330. The lowest BCUT2D eigenvalue weighted by atomic mass is 9.98. The maximum absolute atomic E-state index is 12.4. The highest BCUT2D eigenvalue weighted by molar-refractivity contribution is 6.03. The third-order valence-electron chi connectivity index (χ3n) is 4.07. The summed E-state index contributed by atoms with van der Waals surface area (Å²) in [4.78, 5) is 25.8. The largest absolute Gasteiger partial charge is 0.376 e. The minimum atomic E-state index is -0.202. The van der Waals surface area contributed by atoms with Gasteiger partial charge in [0.25, 0.3) is 0 Å². The van der Waals surface area contributed by atoms with Gasteiger partial charge in [-0.15, -0.1) is 0 Å². The molecule has 2 heterocycles. The Bertz CT molecular complexity index is 494. The summed E-state index contributed by atoms with van der Waals surface area (Å²) in [6, 6.07) is 9.87. The standard InChI is InChI=1S/C16H19NO3/c18-15-10-13(9-12-5-2-1-3-6-12)16(19)17(15)11-14-7-4-8-20-14/h1-3,5-6,13-14H,4,7-11H2/t13-,14-/m0/s1. The summed E-state index contributed by atoms with van der Waals surface area (Å²) in [6.45, 7) is 1.18. The predicted octanol–water partition coefficient (Wildman–Crippen LogP) is 1.78. The molecule has 1 aromatic rings. The maximum atomic E-state index is 12.4. The molecule has 2 aliphatic heterocycles. The van der Waals surface area contributed by atoms with Crippen molar-refractivity contribution in [1.29, 1.82) is 0 Å². The van der Waals surface area contributed by atoms with Crippen LogP contribution in [0.4, 0.5) is 0 Å². The van der Waals surface area contributed by atoms with Gasteiger partial charge in [-0.1, -0.05) is 30.3 Å². The first kappa shape index (κ1) is 13.3. The van der Waals surface area contributed by atoms with Crippen LogP contribution in [0, 0.1) is 5.92 Å². The normalized spacial score (nSPS) is 26.5. The van der Waals surface area contributed by atoms with E-state index in [9.17, 15) is 9.59 Å². The predicted molar refractivity (Wildman–Crippen MR) is 73.9 cm³/mol. The van der Waals surface area contributed by atoms with Gasteiger partial charge in [0, 0.05) is 13.0 Å². The molecule has 1 aromatic carbocycles. The van der Waals surface area contributed by atoms with Gasteiger partial charge in [0.15, 0.2) is 0 Å². The summed E-state index contributed by atoms with van der Waals surface area (Å²) in [5.41, 5.74) is 1.11. The average molecular weight is 273 g/mol. The Labute approximate surface area is 118 Å². The maximum Gasteiger partial charge on any atom is 0.233 e. The molecule has 0 radical (unpaired) electrons. The van der Waals surface area contributed by atoms with Gasteiger partial charge >= 0.3 is 0 Å². The van der Waals surface area contributed by atoms with E-state index in [1.807, 2.05) is 30.3 Å². The number of likely N-dealkylation sites (tertiary alicyclic amines) is 1. The van der Waals surface area contributed by atoms with Crippen molar-refractivity contribution in [3.63, 3.8) is 0 Å². The van der Waals surface area contributed by atoms with E-state index in [4.69, 9.17) is 4.74 Å². The van der Waals surface area contributed by atoms with Gasteiger partial charge in [0.1, 0.15) is 0 Å². The third-order valence-corrected chi connectivity index (χ3v) is 4.07. The van der Waals surface area contributed by atoms with Crippen LogP contribution in [-0.4, -0.2) is 36.0 Å². The Morgan fingerprint density at radius 1 is 1.20 bits per heavy atom. The zero-order chi connectivity index (χ0) is 13.9. The summed E-state index contributed by atoms with van der Waals surface area (Å²) in [6.07, 6.45) is 2.99. The number of carbonyl (C=O) groups is 2. The molecule has 20 heavy (non-hydrogen) atoms. The lowest BCUT2D eigenvalue weighted by molar-refractivity contribution is -0.141. The van der Waals surface area contributed by atoms with Gasteiger partial charge in [0.05, 0.1) is 18.6 Å². The molecule has 0 aromatic heterocycles. The number of rotatable bonds is 4. The fourth-order valence-corrected chi connectivity index (χ4v) is 2.99. The minimum Gasteiger partial charge on any atom is -0.376 e. The Balaban J connectivity index is 1.64. The van der Waals surface area contributed by atoms with Crippen LogP contribution in [-0.2, 0) is 20.7 Å². The van der Waals surface area contributed by atoms with Crippen molar-refractivity contribution in [2.24, 2.45) is 5.92 Å². The number of nitrogens with zero attached hydrogens (tertiary/aromatic N) is 1. The van der Waals surface area contributed by atoms with Crippen LogP contribution in [0.1, 0.15) is 24.8 Å². The number of imide groups is 1. The Morgan fingerprint density at radius 3 is 2.70 bits per heavy atom. The van der Waals surface area contributed by atoms with Crippen molar-refractivity contribution in [1.82, 2.24) is 4.90 Å². The van der Waals surface area contributed by atoms with Gasteiger partial charge in [-0.25, -0.2) is 0 Å². The van der Waals surface area contributed by atoms with Crippen LogP contribution in [0.5, 0.6) is 0 Å². The van der Waals surface area contributed by atoms with Gasteiger partial charge in [0.2, 0.25) is 11.8 Å². The average Bonchev–Trinajstić information content (AvgIpc) is 3.05. The van der Waals surface area contributed by atoms with Gasteiger partial charge in [-0.2, -0.15) is 0 Å². The molecule has 0 unspecified atom stereocenters. The lowest BCUT2D eigenvalue weighted by Crippen LogP contribution is -2.37. The molecule has 2 atom stereocenters. The van der Waals surface area contributed by atoms with Crippen molar-refractivity contribution < 1.29 is 14.3 Å². The topological polar surface area (TPSA) is 46.6 Å². The second-order valence-corrected chi connectivity index (χ2v) is 5.57. The molecule has 2 saturated heterocycles. The molecule has 0 bridgehead atoms. The van der Waals surface area contributed by atoms with Crippen molar-refractivity contribution in [2.45, 2.75) is 31.8 Å². The zero-order valence-corrected chi connectivity index (χ0v) is 11.5. The van der Waals surface area contributed by atoms with E-state index in [1.165, 1.54) is 4.90 Å². The van der Waals surface area contributed by atoms with Crippen molar-refractivity contribution in [3.05, 3.63) is 35.9 Å². The van der Waals surface area contributed by atoms with E-state index in [-0.39, 0.29) is 23.8 Å². The first-order valence-electron chi connectivity index (χ1n) is 7.24. The Kier molecular flexibility index (Phi) is 3.83. The summed E-state index contributed by atoms with van der Waals surface area (Å²) in [5, 5.41) is 0. The summed E-state index contributed by atoms with van der Waals surface area (Å²) < 4.78 is 5.52. The van der Waals surface area contributed by atoms with Gasteiger partial charge in [-0.05, 0) is 24.8 Å². The molecular formula is C16H19NO3.